The van der Waals surface area contributed by atoms with Crippen LogP contribution in [0.2, 0.25) is 0 Å². The van der Waals surface area contributed by atoms with Gasteiger partial charge in [0.1, 0.15) is 5.82 Å². The molecule has 6 nitrogen and oxygen atoms in total. The molecular weight excluding hydrogens is 444 g/mol. The highest BCUT2D eigenvalue weighted by molar-refractivity contribution is 5.98. The monoisotopic (exact) mass is 474 g/mol. The molecule has 0 aliphatic heterocycles. The molecule has 5 aromatic rings. The number of hydrogen-bond donors (Lipinski definition) is 1. The molecule has 0 spiro atoms. The van der Waals surface area contributed by atoms with Gasteiger partial charge in [0.15, 0.2) is 0 Å². The molecule has 1 aliphatic carbocycles. The van der Waals surface area contributed by atoms with Crippen molar-refractivity contribution in [1.29, 1.82) is 0 Å². The Bertz CT molecular complexity index is 1590. The summed E-state index contributed by atoms with van der Waals surface area (Å²) in [5.41, 5.74) is 12.3. The first-order valence-electron chi connectivity index (χ1n) is 12.7. The number of nitrogens with zero attached hydrogens (tertiary/aromatic N) is 5. The highest BCUT2D eigenvalue weighted by atomic mass is 15.5. The molecule has 0 atom stereocenters. The SMILES string of the molecule is CCCc1nc2c(C)cccc2n1Cc1ccc2c(c1)CCc1ccccc1/C2=C(/C)c1nn[nH]n1. The predicted octanol–water partition coefficient (Wildman–Crippen LogP) is 5.94. The van der Waals surface area contributed by atoms with Gasteiger partial charge in [0.2, 0.25) is 5.82 Å². The summed E-state index contributed by atoms with van der Waals surface area (Å²) in [5, 5.41) is 15.0. The maximum absolute atomic E-state index is 5.02. The molecule has 6 rings (SSSR count). The van der Waals surface area contributed by atoms with Crippen molar-refractivity contribution in [3.05, 3.63) is 106 Å². The van der Waals surface area contributed by atoms with Crippen LogP contribution >= 0.6 is 0 Å². The van der Waals surface area contributed by atoms with Gasteiger partial charge in [0.25, 0.3) is 0 Å². The van der Waals surface area contributed by atoms with E-state index in [2.05, 4.69) is 107 Å². The number of fused-ring (bicyclic) bond motifs is 3. The van der Waals surface area contributed by atoms with E-state index in [-0.39, 0.29) is 0 Å². The Morgan fingerprint density at radius 1 is 0.972 bits per heavy atom. The lowest BCUT2D eigenvalue weighted by Gasteiger charge is -2.16. The van der Waals surface area contributed by atoms with E-state index >= 15 is 0 Å². The van der Waals surface area contributed by atoms with E-state index in [1.165, 1.54) is 44.5 Å². The Balaban J connectivity index is 1.47. The molecule has 0 bridgehead atoms. The van der Waals surface area contributed by atoms with Gasteiger partial charge in [0.05, 0.1) is 11.0 Å². The lowest BCUT2D eigenvalue weighted by molar-refractivity contribution is 0.721. The van der Waals surface area contributed by atoms with Gasteiger partial charge in [-0.1, -0.05) is 61.5 Å². The van der Waals surface area contributed by atoms with E-state index in [4.69, 9.17) is 4.98 Å². The third kappa shape index (κ3) is 3.83. The Hall–Kier alpha value is -4.06. The fourth-order valence-electron chi connectivity index (χ4n) is 5.54. The van der Waals surface area contributed by atoms with Crippen molar-refractivity contribution in [2.75, 3.05) is 0 Å². The van der Waals surface area contributed by atoms with E-state index < -0.39 is 0 Å². The molecule has 0 unspecified atom stereocenters. The zero-order valence-corrected chi connectivity index (χ0v) is 21.0. The quantitative estimate of drug-likeness (QED) is 0.342. The summed E-state index contributed by atoms with van der Waals surface area (Å²) < 4.78 is 2.40. The van der Waals surface area contributed by atoms with Gasteiger partial charge in [0, 0.05) is 18.5 Å². The number of allylic oxidation sites excluding steroid dienone is 1. The van der Waals surface area contributed by atoms with E-state index in [0.29, 0.717) is 5.82 Å². The highest BCUT2D eigenvalue weighted by Gasteiger charge is 2.22. The number of aryl methyl sites for hydroxylation is 4. The van der Waals surface area contributed by atoms with E-state index in [0.717, 1.165) is 49.1 Å². The fraction of sp³-hybridized carbons (Fsp3) is 0.267. The van der Waals surface area contributed by atoms with E-state index in [9.17, 15) is 0 Å². The van der Waals surface area contributed by atoms with E-state index in [1.807, 2.05) is 0 Å². The van der Waals surface area contributed by atoms with Gasteiger partial charge in [-0.3, -0.25) is 0 Å². The molecule has 180 valence electrons. The van der Waals surface area contributed by atoms with Gasteiger partial charge in [-0.05, 0) is 83.3 Å². The Labute approximate surface area is 211 Å². The number of para-hydroxylation sites is 1. The van der Waals surface area contributed by atoms with Gasteiger partial charge < -0.3 is 4.57 Å². The molecule has 0 amide bonds. The Morgan fingerprint density at radius 2 is 1.81 bits per heavy atom. The van der Waals surface area contributed by atoms with Crippen LogP contribution in [0.5, 0.6) is 0 Å². The van der Waals surface area contributed by atoms with Gasteiger partial charge in [-0.25, -0.2) is 4.98 Å². The smallest absolute Gasteiger partial charge is 0.201 e. The van der Waals surface area contributed by atoms with Gasteiger partial charge >= 0.3 is 0 Å². The van der Waals surface area contributed by atoms with Gasteiger partial charge in [-0.15, -0.1) is 10.2 Å². The number of aromatic amines is 1. The Morgan fingerprint density at radius 3 is 2.64 bits per heavy atom. The van der Waals surface area contributed by atoms with E-state index in [1.54, 1.807) is 0 Å². The first kappa shape index (κ1) is 22.4. The molecule has 3 aromatic carbocycles. The number of imidazole rings is 1. The van der Waals surface area contributed by atoms with Crippen molar-refractivity contribution in [1.82, 2.24) is 30.2 Å². The van der Waals surface area contributed by atoms with Crippen LogP contribution in [-0.2, 0) is 25.8 Å². The lowest BCUT2D eigenvalue weighted by atomic mass is 9.89. The number of tetrazole rings is 1. The van der Waals surface area contributed by atoms with Crippen molar-refractivity contribution >= 4 is 22.2 Å². The molecule has 1 N–H and O–H groups in total. The van der Waals surface area contributed by atoms with Crippen LogP contribution in [-0.4, -0.2) is 30.2 Å². The minimum atomic E-state index is 0.640. The van der Waals surface area contributed by atoms with Crippen LogP contribution in [0.4, 0.5) is 0 Å². The molecule has 0 fully saturated rings. The summed E-state index contributed by atoms with van der Waals surface area (Å²) in [4.78, 5) is 5.02. The van der Waals surface area contributed by atoms with Crippen LogP contribution in [0.1, 0.15) is 65.3 Å². The van der Waals surface area contributed by atoms with Crippen molar-refractivity contribution in [2.45, 2.75) is 53.0 Å². The zero-order valence-electron chi connectivity index (χ0n) is 21.0. The van der Waals surface area contributed by atoms with Crippen molar-refractivity contribution < 1.29 is 0 Å². The molecular formula is C30H30N6. The first-order chi connectivity index (χ1) is 17.6. The standard InChI is InChI=1S/C30H30N6/c1-4-8-27-31-29-19(2)9-7-12-26(29)36(27)18-21-13-16-25-23(17-21)15-14-22-10-5-6-11-24(22)28(25)20(3)30-32-34-35-33-30/h5-7,9-13,16-17H,4,8,14-15,18H2,1-3H3,(H,32,33,34,35)/b28-20+. The highest BCUT2D eigenvalue weighted by Crippen LogP contribution is 2.38. The second-order valence-corrected chi connectivity index (χ2v) is 9.69. The number of benzene rings is 3. The topological polar surface area (TPSA) is 72.3 Å². The third-order valence-electron chi connectivity index (χ3n) is 7.32. The number of H-pyrrole nitrogens is 1. The summed E-state index contributed by atoms with van der Waals surface area (Å²) in [6.45, 7) is 7.28. The molecule has 1 aliphatic rings. The van der Waals surface area contributed by atoms with Crippen LogP contribution in [0, 0.1) is 6.92 Å². The Kier molecular flexibility index (Phi) is 5.72. The molecule has 0 saturated carbocycles. The van der Waals surface area contributed by atoms with Crippen molar-refractivity contribution in [3.63, 3.8) is 0 Å². The van der Waals surface area contributed by atoms with Crippen LogP contribution in [0.15, 0.2) is 60.7 Å². The summed E-state index contributed by atoms with van der Waals surface area (Å²) in [6, 6.07) is 22.1. The summed E-state index contributed by atoms with van der Waals surface area (Å²) in [6.07, 6.45) is 4.05. The van der Waals surface area contributed by atoms with Gasteiger partial charge in [-0.2, -0.15) is 5.21 Å². The van der Waals surface area contributed by atoms with Crippen LogP contribution in [0.3, 0.4) is 0 Å². The largest absolute Gasteiger partial charge is 0.323 e. The second-order valence-electron chi connectivity index (χ2n) is 9.69. The summed E-state index contributed by atoms with van der Waals surface area (Å²) in [7, 11) is 0. The summed E-state index contributed by atoms with van der Waals surface area (Å²) in [5.74, 6) is 1.80. The average Bonchev–Trinajstić information content (AvgIpc) is 3.51. The normalized spacial score (nSPS) is 14.4. The maximum atomic E-state index is 5.02. The molecule has 0 radical (unpaired) electrons. The van der Waals surface area contributed by atoms with Crippen molar-refractivity contribution in [3.8, 4) is 0 Å². The predicted molar refractivity (Wildman–Crippen MR) is 144 cm³/mol. The number of nitrogens with one attached hydrogen (secondary N) is 1. The minimum absolute atomic E-state index is 0.640. The number of rotatable bonds is 5. The first-order valence-corrected chi connectivity index (χ1v) is 12.7. The molecule has 36 heavy (non-hydrogen) atoms. The number of aromatic nitrogens is 6. The summed E-state index contributed by atoms with van der Waals surface area (Å²) >= 11 is 0. The minimum Gasteiger partial charge on any atom is -0.323 e. The molecule has 2 aromatic heterocycles. The lowest BCUT2D eigenvalue weighted by Crippen LogP contribution is -2.06. The van der Waals surface area contributed by atoms with Crippen molar-refractivity contribution in [2.24, 2.45) is 0 Å². The molecule has 6 heteroatoms. The van der Waals surface area contributed by atoms with Crippen LogP contribution < -0.4 is 0 Å². The molecule has 0 saturated heterocycles. The maximum Gasteiger partial charge on any atom is 0.201 e. The zero-order chi connectivity index (χ0) is 24.6. The molecule has 2 heterocycles. The van der Waals surface area contributed by atoms with Crippen LogP contribution in [0.25, 0.3) is 22.2 Å². The third-order valence-corrected chi connectivity index (χ3v) is 7.32. The average molecular weight is 475 g/mol. The second kappa shape index (κ2) is 9.19. The fourth-order valence-corrected chi connectivity index (χ4v) is 5.54. The number of hydrogen-bond acceptors (Lipinski definition) is 4.